The standard InChI is InChI=1S/C13H12IN3/c1-7-11(14)12(15)17-13(16-7)10-6-8-4-2-3-5-9(8)10/h2-5,10H,6H2,1H3,(H2,15,16,17). The largest absolute Gasteiger partial charge is 0.383 e. The SMILES string of the molecule is Cc1nc(C2Cc3ccccc32)nc(N)c1I. The zero-order chi connectivity index (χ0) is 12.0. The van der Waals surface area contributed by atoms with Crippen LogP contribution >= 0.6 is 22.6 Å². The predicted molar refractivity (Wildman–Crippen MR) is 75.9 cm³/mol. The first kappa shape index (κ1) is 11.0. The molecule has 0 saturated carbocycles. The molecule has 1 heterocycles. The van der Waals surface area contributed by atoms with Crippen LogP contribution in [0.25, 0.3) is 0 Å². The van der Waals surface area contributed by atoms with Crippen LogP contribution in [0.5, 0.6) is 0 Å². The van der Waals surface area contributed by atoms with E-state index in [0.717, 1.165) is 21.5 Å². The molecule has 0 fully saturated rings. The van der Waals surface area contributed by atoms with Gasteiger partial charge < -0.3 is 5.73 Å². The van der Waals surface area contributed by atoms with Crippen LogP contribution < -0.4 is 5.73 Å². The second-order valence-corrected chi connectivity index (χ2v) is 5.40. The molecule has 2 N–H and O–H groups in total. The highest BCUT2D eigenvalue weighted by Gasteiger charge is 2.29. The minimum Gasteiger partial charge on any atom is -0.383 e. The van der Waals surface area contributed by atoms with Gasteiger partial charge in [0.25, 0.3) is 0 Å². The Morgan fingerprint density at radius 3 is 2.76 bits per heavy atom. The van der Waals surface area contributed by atoms with E-state index in [-0.39, 0.29) is 0 Å². The summed E-state index contributed by atoms with van der Waals surface area (Å²) in [7, 11) is 0. The van der Waals surface area contributed by atoms with Gasteiger partial charge in [-0.05, 0) is 47.1 Å². The first-order valence-electron chi connectivity index (χ1n) is 5.54. The maximum absolute atomic E-state index is 5.90. The molecule has 1 atom stereocenters. The van der Waals surface area contributed by atoms with Gasteiger partial charge in [-0.2, -0.15) is 0 Å². The summed E-state index contributed by atoms with van der Waals surface area (Å²) in [6.45, 7) is 1.98. The van der Waals surface area contributed by atoms with Gasteiger partial charge in [0.2, 0.25) is 0 Å². The molecule has 0 aliphatic heterocycles. The third-order valence-corrected chi connectivity index (χ3v) is 4.56. The van der Waals surface area contributed by atoms with Gasteiger partial charge in [0.15, 0.2) is 0 Å². The number of nitrogens with two attached hydrogens (primary N) is 1. The van der Waals surface area contributed by atoms with Gasteiger partial charge in [-0.3, -0.25) is 0 Å². The van der Waals surface area contributed by atoms with Gasteiger partial charge in [0, 0.05) is 5.92 Å². The molecule has 1 aromatic heterocycles. The van der Waals surface area contributed by atoms with Crippen molar-refractivity contribution in [2.75, 3.05) is 5.73 Å². The van der Waals surface area contributed by atoms with Crippen molar-refractivity contribution < 1.29 is 0 Å². The molecular formula is C13H12IN3. The van der Waals surface area contributed by atoms with Crippen molar-refractivity contribution in [3.63, 3.8) is 0 Å². The quantitative estimate of drug-likeness (QED) is 0.814. The summed E-state index contributed by atoms with van der Waals surface area (Å²) >= 11 is 2.19. The Morgan fingerprint density at radius 1 is 1.29 bits per heavy atom. The Balaban J connectivity index is 2.03. The molecule has 0 radical (unpaired) electrons. The van der Waals surface area contributed by atoms with Gasteiger partial charge in [0.05, 0.1) is 9.26 Å². The summed E-state index contributed by atoms with van der Waals surface area (Å²) < 4.78 is 0.957. The van der Waals surface area contributed by atoms with Crippen LogP contribution in [-0.4, -0.2) is 9.97 Å². The Kier molecular flexibility index (Phi) is 2.54. The lowest BCUT2D eigenvalue weighted by atomic mass is 9.77. The summed E-state index contributed by atoms with van der Waals surface area (Å²) in [5, 5.41) is 0. The zero-order valence-electron chi connectivity index (χ0n) is 9.44. The Hall–Kier alpha value is -1.17. The summed E-state index contributed by atoms with van der Waals surface area (Å²) in [6.07, 6.45) is 1.02. The maximum Gasteiger partial charge on any atom is 0.140 e. The average molecular weight is 337 g/mol. The fourth-order valence-electron chi connectivity index (χ4n) is 2.25. The fraction of sp³-hybridized carbons (Fsp3) is 0.231. The smallest absolute Gasteiger partial charge is 0.140 e. The molecule has 3 nitrogen and oxygen atoms in total. The van der Waals surface area contributed by atoms with Crippen LogP contribution in [-0.2, 0) is 6.42 Å². The van der Waals surface area contributed by atoms with E-state index in [0.29, 0.717) is 11.7 Å². The van der Waals surface area contributed by atoms with Crippen LogP contribution in [0.15, 0.2) is 24.3 Å². The summed E-state index contributed by atoms with van der Waals surface area (Å²) in [5.74, 6) is 1.78. The van der Waals surface area contributed by atoms with Gasteiger partial charge >= 0.3 is 0 Å². The van der Waals surface area contributed by atoms with Crippen LogP contribution in [0.2, 0.25) is 0 Å². The number of rotatable bonds is 1. The number of fused-ring (bicyclic) bond motifs is 1. The minimum absolute atomic E-state index is 0.323. The third kappa shape index (κ3) is 1.71. The van der Waals surface area contributed by atoms with E-state index in [1.54, 1.807) is 0 Å². The highest BCUT2D eigenvalue weighted by molar-refractivity contribution is 14.1. The molecule has 1 unspecified atom stereocenters. The number of nitrogens with zero attached hydrogens (tertiary/aromatic N) is 2. The maximum atomic E-state index is 5.90. The third-order valence-electron chi connectivity index (χ3n) is 3.23. The highest BCUT2D eigenvalue weighted by Crippen LogP contribution is 2.38. The van der Waals surface area contributed by atoms with Crippen LogP contribution in [0.4, 0.5) is 5.82 Å². The van der Waals surface area contributed by atoms with Gasteiger partial charge in [0.1, 0.15) is 11.6 Å². The molecule has 4 heteroatoms. The Bertz CT molecular complexity index is 572. The number of benzene rings is 1. The van der Waals surface area contributed by atoms with E-state index in [4.69, 9.17) is 5.73 Å². The van der Waals surface area contributed by atoms with Crippen molar-refractivity contribution in [1.82, 2.24) is 9.97 Å². The van der Waals surface area contributed by atoms with E-state index in [9.17, 15) is 0 Å². The molecule has 0 amide bonds. The van der Waals surface area contributed by atoms with Gasteiger partial charge in [-0.1, -0.05) is 24.3 Å². The topological polar surface area (TPSA) is 51.8 Å². The zero-order valence-corrected chi connectivity index (χ0v) is 11.6. The highest BCUT2D eigenvalue weighted by atomic mass is 127. The molecular weight excluding hydrogens is 325 g/mol. The van der Waals surface area contributed by atoms with Crippen molar-refractivity contribution in [2.45, 2.75) is 19.3 Å². The number of hydrogen-bond acceptors (Lipinski definition) is 3. The first-order valence-corrected chi connectivity index (χ1v) is 6.62. The number of nitrogen functional groups attached to an aromatic ring is 1. The van der Waals surface area contributed by atoms with Crippen LogP contribution in [0.1, 0.15) is 28.6 Å². The molecule has 3 rings (SSSR count). The predicted octanol–water partition coefficient (Wildman–Crippen LogP) is 2.66. The van der Waals surface area contributed by atoms with Crippen molar-refractivity contribution in [2.24, 2.45) is 0 Å². The second kappa shape index (κ2) is 3.94. The van der Waals surface area contributed by atoms with E-state index >= 15 is 0 Å². The van der Waals surface area contributed by atoms with Crippen molar-refractivity contribution in [3.05, 3.63) is 50.5 Å². The Morgan fingerprint density at radius 2 is 2.06 bits per heavy atom. The number of aromatic nitrogens is 2. The average Bonchev–Trinajstić information content (AvgIpc) is 2.27. The van der Waals surface area contributed by atoms with Gasteiger partial charge in [-0.25, -0.2) is 9.97 Å². The van der Waals surface area contributed by atoms with Crippen molar-refractivity contribution in [3.8, 4) is 0 Å². The molecule has 0 bridgehead atoms. The normalized spacial score (nSPS) is 17.4. The number of aryl methyl sites for hydroxylation is 1. The molecule has 17 heavy (non-hydrogen) atoms. The van der Waals surface area contributed by atoms with E-state index in [1.165, 1.54) is 11.1 Å². The second-order valence-electron chi connectivity index (χ2n) is 4.32. The lowest BCUT2D eigenvalue weighted by Gasteiger charge is -2.29. The van der Waals surface area contributed by atoms with Crippen molar-refractivity contribution >= 4 is 28.4 Å². The van der Waals surface area contributed by atoms with Gasteiger partial charge in [-0.15, -0.1) is 0 Å². The molecule has 2 aromatic rings. The monoisotopic (exact) mass is 337 g/mol. The Labute approximate surface area is 114 Å². The summed E-state index contributed by atoms with van der Waals surface area (Å²) in [4.78, 5) is 8.97. The lowest BCUT2D eigenvalue weighted by Crippen LogP contribution is -2.21. The first-order chi connectivity index (χ1) is 8.16. The number of anilines is 1. The van der Waals surface area contributed by atoms with Crippen LogP contribution in [0.3, 0.4) is 0 Å². The lowest BCUT2D eigenvalue weighted by molar-refractivity contribution is 0.657. The van der Waals surface area contributed by atoms with Crippen molar-refractivity contribution in [1.29, 1.82) is 0 Å². The molecule has 1 aliphatic rings. The minimum atomic E-state index is 0.323. The molecule has 0 saturated heterocycles. The number of halogens is 1. The van der Waals surface area contributed by atoms with Crippen LogP contribution in [0, 0.1) is 10.5 Å². The van der Waals surface area contributed by atoms with E-state index in [1.807, 2.05) is 6.92 Å². The molecule has 1 aromatic carbocycles. The summed E-state index contributed by atoms with van der Waals surface area (Å²) in [5.41, 5.74) is 9.61. The molecule has 1 aliphatic carbocycles. The number of hydrogen-bond donors (Lipinski definition) is 1. The summed E-state index contributed by atoms with van der Waals surface area (Å²) in [6, 6.07) is 8.45. The molecule has 86 valence electrons. The van der Waals surface area contributed by atoms with E-state index < -0.39 is 0 Å². The van der Waals surface area contributed by atoms with E-state index in [2.05, 4.69) is 56.8 Å². The fourth-order valence-corrected chi connectivity index (χ4v) is 2.49. The molecule has 0 spiro atoms.